The highest BCUT2D eigenvalue weighted by Crippen LogP contribution is 2.35. The summed E-state index contributed by atoms with van der Waals surface area (Å²) in [4.78, 5) is 27.7. The summed E-state index contributed by atoms with van der Waals surface area (Å²) in [6.45, 7) is 7.28. The molecule has 2 aliphatic heterocycles. The molecule has 2 amide bonds. The van der Waals surface area contributed by atoms with Gasteiger partial charge in [-0.25, -0.2) is 9.59 Å². The Balaban J connectivity index is 1.68. The molecule has 0 spiro atoms. The van der Waals surface area contributed by atoms with Crippen LogP contribution in [-0.2, 0) is 9.53 Å². The van der Waals surface area contributed by atoms with Crippen LogP contribution in [0.4, 0.5) is 4.79 Å². The van der Waals surface area contributed by atoms with E-state index in [2.05, 4.69) is 46.7 Å². The van der Waals surface area contributed by atoms with Crippen molar-refractivity contribution in [2.45, 2.75) is 45.7 Å². The first-order chi connectivity index (χ1) is 15.0. The van der Waals surface area contributed by atoms with Crippen LogP contribution in [0.1, 0.15) is 54.5 Å². The third-order valence-electron chi connectivity index (χ3n) is 5.88. The van der Waals surface area contributed by atoms with Crippen molar-refractivity contribution in [3.05, 3.63) is 70.3 Å². The Kier molecular flexibility index (Phi) is 6.13. The van der Waals surface area contributed by atoms with Gasteiger partial charge < -0.3 is 19.8 Å². The second-order valence-electron chi connectivity index (χ2n) is 8.13. The lowest BCUT2D eigenvalue weighted by Gasteiger charge is -2.32. The lowest BCUT2D eigenvalue weighted by atomic mass is 9.99. The van der Waals surface area contributed by atoms with Crippen molar-refractivity contribution in [3.63, 3.8) is 0 Å². The summed E-state index contributed by atoms with van der Waals surface area (Å²) in [5.41, 5.74) is 3.44. The van der Waals surface area contributed by atoms with Crippen molar-refractivity contribution in [2.75, 3.05) is 19.7 Å². The van der Waals surface area contributed by atoms with E-state index in [0.29, 0.717) is 29.3 Å². The molecule has 31 heavy (non-hydrogen) atoms. The lowest BCUT2D eigenvalue weighted by molar-refractivity contribution is -0.139. The first-order valence-electron chi connectivity index (χ1n) is 10.8. The minimum atomic E-state index is -0.683. The second kappa shape index (κ2) is 8.98. The summed E-state index contributed by atoms with van der Waals surface area (Å²) in [7, 11) is 0. The molecule has 164 valence electrons. The van der Waals surface area contributed by atoms with Gasteiger partial charge in [0.1, 0.15) is 17.6 Å². The van der Waals surface area contributed by atoms with Crippen molar-refractivity contribution in [3.8, 4) is 0 Å². The van der Waals surface area contributed by atoms with Gasteiger partial charge in [0, 0.05) is 18.3 Å². The van der Waals surface area contributed by atoms with Crippen molar-refractivity contribution in [2.24, 2.45) is 0 Å². The molecule has 0 bridgehead atoms. The number of carbonyl (C=O) groups excluding carboxylic acids is 2. The number of amides is 2. The molecule has 7 nitrogen and oxygen atoms in total. The molecule has 1 aromatic heterocycles. The van der Waals surface area contributed by atoms with Gasteiger partial charge in [-0.15, -0.1) is 0 Å². The van der Waals surface area contributed by atoms with Crippen LogP contribution in [-0.4, -0.2) is 36.6 Å². The number of rotatable bonds is 6. The summed E-state index contributed by atoms with van der Waals surface area (Å²) in [6.07, 6.45) is 2.10. The fraction of sp³-hybridized carbons (Fsp3) is 0.417. The molecule has 1 saturated heterocycles. The molecule has 2 atom stereocenters. The average molecular weight is 424 g/mol. The van der Waals surface area contributed by atoms with Crippen molar-refractivity contribution >= 4 is 12.0 Å². The number of urea groups is 1. The molecule has 0 aliphatic carbocycles. The van der Waals surface area contributed by atoms with Gasteiger partial charge in [0.05, 0.1) is 12.2 Å². The molecule has 1 fully saturated rings. The third kappa shape index (κ3) is 4.51. The zero-order chi connectivity index (χ0) is 22.0. The van der Waals surface area contributed by atoms with E-state index >= 15 is 0 Å². The fourth-order valence-corrected chi connectivity index (χ4v) is 4.40. The number of ether oxygens (including phenoxy) is 1. The highest BCUT2D eigenvalue weighted by Gasteiger charge is 2.37. The van der Waals surface area contributed by atoms with Crippen LogP contribution in [0.25, 0.3) is 0 Å². The van der Waals surface area contributed by atoms with Gasteiger partial charge in [-0.05, 0) is 57.9 Å². The molecule has 2 aliphatic rings. The number of hydrogen-bond donors (Lipinski definition) is 2. The Labute approximate surface area is 182 Å². The van der Waals surface area contributed by atoms with E-state index < -0.39 is 12.0 Å². The molecule has 7 heteroatoms. The summed E-state index contributed by atoms with van der Waals surface area (Å²) in [5.74, 6) is 0.783. The van der Waals surface area contributed by atoms with Gasteiger partial charge in [0.2, 0.25) is 0 Å². The maximum absolute atomic E-state index is 12.9. The van der Waals surface area contributed by atoms with E-state index in [-0.39, 0.29) is 18.7 Å². The van der Waals surface area contributed by atoms with Crippen molar-refractivity contribution < 1.29 is 18.7 Å². The first kappa shape index (κ1) is 21.2. The van der Waals surface area contributed by atoms with Gasteiger partial charge in [0.25, 0.3) is 0 Å². The number of likely N-dealkylation sites (tertiary alicyclic amines) is 1. The number of esters is 1. The zero-order valence-corrected chi connectivity index (χ0v) is 18.2. The number of hydrogen-bond acceptors (Lipinski definition) is 5. The lowest BCUT2D eigenvalue weighted by Crippen LogP contribution is -2.48. The predicted molar refractivity (Wildman–Crippen MR) is 116 cm³/mol. The molecule has 0 saturated carbocycles. The quantitative estimate of drug-likeness (QED) is 0.689. The molecule has 1 aromatic carbocycles. The SMILES string of the molecule is CCOC(=O)C1=C(CN2CCC[C@H]2c2ccc(C)cc2)NC(=O)N[C@H]1c1ccc(C)o1. The molecule has 2 N–H and O–H groups in total. The average Bonchev–Trinajstić information content (AvgIpc) is 3.37. The van der Waals surface area contributed by atoms with Crippen LogP contribution in [0.3, 0.4) is 0 Å². The van der Waals surface area contributed by atoms with Gasteiger partial charge in [-0.1, -0.05) is 29.8 Å². The predicted octanol–water partition coefficient (Wildman–Crippen LogP) is 3.90. The highest BCUT2D eigenvalue weighted by molar-refractivity contribution is 5.95. The Bertz CT molecular complexity index is 993. The summed E-state index contributed by atoms with van der Waals surface area (Å²) < 4.78 is 11.1. The third-order valence-corrected chi connectivity index (χ3v) is 5.88. The molecule has 0 unspecified atom stereocenters. The second-order valence-corrected chi connectivity index (χ2v) is 8.13. The van der Waals surface area contributed by atoms with E-state index in [1.807, 2.05) is 13.0 Å². The number of benzene rings is 1. The highest BCUT2D eigenvalue weighted by atomic mass is 16.5. The number of carbonyl (C=O) groups is 2. The maximum Gasteiger partial charge on any atom is 0.338 e. The topological polar surface area (TPSA) is 83.8 Å². The first-order valence-corrected chi connectivity index (χ1v) is 10.8. The molecular formula is C24H29N3O4. The van der Waals surface area contributed by atoms with Gasteiger partial charge in [0.15, 0.2) is 0 Å². The summed E-state index contributed by atoms with van der Waals surface area (Å²) in [6, 6.07) is 11.4. The van der Waals surface area contributed by atoms with Crippen LogP contribution in [0.15, 0.2) is 52.1 Å². The summed E-state index contributed by atoms with van der Waals surface area (Å²) >= 11 is 0. The summed E-state index contributed by atoms with van der Waals surface area (Å²) in [5, 5.41) is 5.68. The largest absolute Gasteiger partial charge is 0.464 e. The normalized spacial score (nSPS) is 21.7. The molecule has 0 radical (unpaired) electrons. The van der Waals surface area contributed by atoms with E-state index in [9.17, 15) is 9.59 Å². The monoisotopic (exact) mass is 423 g/mol. The van der Waals surface area contributed by atoms with E-state index in [1.54, 1.807) is 13.0 Å². The molecule has 4 rings (SSSR count). The van der Waals surface area contributed by atoms with Crippen LogP contribution in [0.5, 0.6) is 0 Å². The Morgan fingerprint density at radius 2 is 1.97 bits per heavy atom. The van der Waals surface area contributed by atoms with Crippen molar-refractivity contribution in [1.29, 1.82) is 0 Å². The van der Waals surface area contributed by atoms with Gasteiger partial charge in [-0.3, -0.25) is 4.90 Å². The van der Waals surface area contributed by atoms with E-state index in [4.69, 9.17) is 9.15 Å². The standard InChI is InChI=1S/C24H29N3O4/c1-4-30-23(28)21-18(25-24(29)26-22(21)20-12-9-16(3)31-20)14-27-13-5-6-19(27)17-10-7-15(2)8-11-17/h7-12,19,22H,4-6,13-14H2,1-3H3,(H2,25,26,29)/t19-,22-/m0/s1. The Morgan fingerprint density at radius 1 is 1.19 bits per heavy atom. The minimum Gasteiger partial charge on any atom is -0.464 e. The van der Waals surface area contributed by atoms with Crippen LogP contribution < -0.4 is 10.6 Å². The number of aryl methyl sites for hydroxylation is 2. The van der Waals surface area contributed by atoms with Gasteiger partial charge in [-0.2, -0.15) is 0 Å². The molecule has 3 heterocycles. The van der Waals surface area contributed by atoms with E-state index in [1.165, 1.54) is 11.1 Å². The smallest absolute Gasteiger partial charge is 0.338 e. The van der Waals surface area contributed by atoms with E-state index in [0.717, 1.165) is 19.4 Å². The number of furan rings is 1. The number of nitrogens with one attached hydrogen (secondary N) is 2. The van der Waals surface area contributed by atoms with Crippen LogP contribution >= 0.6 is 0 Å². The Hall–Kier alpha value is -3.06. The number of nitrogens with zero attached hydrogens (tertiary/aromatic N) is 1. The van der Waals surface area contributed by atoms with Crippen LogP contribution in [0.2, 0.25) is 0 Å². The Morgan fingerprint density at radius 3 is 2.65 bits per heavy atom. The molecular weight excluding hydrogens is 394 g/mol. The maximum atomic E-state index is 12.9. The fourth-order valence-electron chi connectivity index (χ4n) is 4.40. The van der Waals surface area contributed by atoms with Crippen LogP contribution in [0, 0.1) is 13.8 Å². The zero-order valence-electron chi connectivity index (χ0n) is 18.2. The molecule has 2 aromatic rings. The van der Waals surface area contributed by atoms with Gasteiger partial charge >= 0.3 is 12.0 Å². The van der Waals surface area contributed by atoms with Crippen molar-refractivity contribution in [1.82, 2.24) is 15.5 Å². The minimum absolute atomic E-state index is 0.243.